The van der Waals surface area contributed by atoms with Crippen LogP contribution in [0.5, 0.6) is 5.75 Å². The van der Waals surface area contributed by atoms with Gasteiger partial charge in [0, 0.05) is 26.1 Å². The minimum absolute atomic E-state index is 0.536. The van der Waals surface area contributed by atoms with Crippen molar-refractivity contribution in [2.45, 2.75) is 12.8 Å². The van der Waals surface area contributed by atoms with Gasteiger partial charge in [0.1, 0.15) is 5.75 Å². The lowest BCUT2D eigenvalue weighted by molar-refractivity contribution is 0.260. The predicted octanol–water partition coefficient (Wildman–Crippen LogP) is 3.09. The van der Waals surface area contributed by atoms with E-state index in [4.69, 9.17) is 4.74 Å². The molecule has 1 aromatic carbocycles. The lowest BCUT2D eigenvalue weighted by Gasteiger charge is -2.27. The first-order valence-corrected chi connectivity index (χ1v) is 6.75. The van der Waals surface area contributed by atoms with E-state index in [1.807, 2.05) is 12.1 Å². The highest BCUT2D eigenvalue weighted by Gasteiger charge is 2.18. The van der Waals surface area contributed by atoms with Gasteiger partial charge >= 0.3 is 0 Å². The SMILES string of the molecule is COc1ccc2c(c1)C(CCN1CC=C(O)CC1)=C2. The molecule has 0 aromatic heterocycles. The second-order valence-electron chi connectivity index (χ2n) is 5.12. The first kappa shape index (κ1) is 12.3. The van der Waals surface area contributed by atoms with Gasteiger partial charge in [0.15, 0.2) is 0 Å². The largest absolute Gasteiger partial charge is 0.513 e. The van der Waals surface area contributed by atoms with Gasteiger partial charge in [-0.1, -0.05) is 12.1 Å². The molecule has 0 fully saturated rings. The fourth-order valence-corrected chi connectivity index (χ4v) is 2.64. The number of hydrogen-bond donors (Lipinski definition) is 1. The summed E-state index contributed by atoms with van der Waals surface area (Å²) in [6, 6.07) is 6.23. The summed E-state index contributed by atoms with van der Waals surface area (Å²) in [5.41, 5.74) is 4.05. The second-order valence-corrected chi connectivity index (χ2v) is 5.12. The van der Waals surface area contributed by atoms with Gasteiger partial charge in [-0.15, -0.1) is 0 Å². The maximum Gasteiger partial charge on any atom is 0.119 e. The van der Waals surface area contributed by atoms with E-state index in [0.29, 0.717) is 5.76 Å². The standard InChI is InChI=1S/C16H19NO2/c1-19-15-3-2-12-10-13(16(12)11-15)4-7-17-8-5-14(18)6-9-17/h2-3,5,10-11,18H,4,6-9H2,1H3. The van der Waals surface area contributed by atoms with Crippen LogP contribution in [0, 0.1) is 0 Å². The molecule has 2 aliphatic rings. The number of methoxy groups -OCH3 is 1. The third-order valence-electron chi connectivity index (χ3n) is 3.90. The van der Waals surface area contributed by atoms with Crippen LogP contribution in [-0.2, 0) is 0 Å². The van der Waals surface area contributed by atoms with Gasteiger partial charge in [0.2, 0.25) is 0 Å². The molecule has 0 saturated carbocycles. The number of hydrogen-bond acceptors (Lipinski definition) is 3. The van der Waals surface area contributed by atoms with E-state index < -0.39 is 0 Å². The number of nitrogens with zero attached hydrogens (tertiary/aromatic N) is 1. The Kier molecular flexibility index (Phi) is 3.30. The van der Waals surface area contributed by atoms with Crippen molar-refractivity contribution < 1.29 is 9.84 Å². The molecule has 1 aromatic rings. The molecule has 3 rings (SSSR count). The fraction of sp³-hybridized carbons (Fsp3) is 0.375. The quantitative estimate of drug-likeness (QED) is 0.899. The Balaban J connectivity index is 1.57. The van der Waals surface area contributed by atoms with Gasteiger partial charge in [-0.05, 0) is 41.3 Å². The summed E-state index contributed by atoms with van der Waals surface area (Å²) in [5.74, 6) is 1.46. The van der Waals surface area contributed by atoms with E-state index in [-0.39, 0.29) is 0 Å². The van der Waals surface area contributed by atoms with Crippen LogP contribution in [0.15, 0.2) is 30.0 Å². The number of rotatable bonds is 4. The monoisotopic (exact) mass is 257 g/mol. The molecule has 0 bridgehead atoms. The molecule has 1 heterocycles. The van der Waals surface area contributed by atoms with Crippen LogP contribution in [0.3, 0.4) is 0 Å². The highest BCUT2D eigenvalue weighted by molar-refractivity contribution is 5.95. The van der Waals surface area contributed by atoms with Crippen LogP contribution in [-0.4, -0.2) is 36.8 Å². The average molecular weight is 257 g/mol. The summed E-state index contributed by atoms with van der Waals surface area (Å²) in [7, 11) is 1.70. The van der Waals surface area contributed by atoms with E-state index in [9.17, 15) is 5.11 Å². The fourth-order valence-electron chi connectivity index (χ4n) is 2.64. The van der Waals surface area contributed by atoms with Crippen molar-refractivity contribution >= 4 is 11.6 Å². The van der Waals surface area contributed by atoms with Crippen molar-refractivity contribution in [1.29, 1.82) is 0 Å². The minimum atomic E-state index is 0.536. The van der Waals surface area contributed by atoms with E-state index >= 15 is 0 Å². The summed E-state index contributed by atoms with van der Waals surface area (Å²) in [4.78, 5) is 2.37. The molecule has 0 atom stereocenters. The molecule has 0 saturated heterocycles. The summed E-state index contributed by atoms with van der Waals surface area (Å²) in [6.07, 6.45) is 6.01. The molecular formula is C16H19NO2. The van der Waals surface area contributed by atoms with E-state index in [2.05, 4.69) is 23.1 Å². The molecule has 100 valence electrons. The number of ether oxygens (including phenoxy) is 1. The topological polar surface area (TPSA) is 32.7 Å². The number of benzene rings is 1. The van der Waals surface area contributed by atoms with Crippen LogP contribution in [0.4, 0.5) is 0 Å². The van der Waals surface area contributed by atoms with Crippen LogP contribution >= 0.6 is 0 Å². The molecule has 3 heteroatoms. The highest BCUT2D eigenvalue weighted by Crippen LogP contribution is 2.37. The Labute approximate surface area is 113 Å². The first-order valence-electron chi connectivity index (χ1n) is 6.75. The Morgan fingerprint density at radius 2 is 2.26 bits per heavy atom. The summed E-state index contributed by atoms with van der Waals surface area (Å²) >= 11 is 0. The average Bonchev–Trinajstić information content (AvgIpc) is 2.42. The molecule has 0 unspecified atom stereocenters. The van der Waals surface area contributed by atoms with Crippen molar-refractivity contribution in [3.05, 3.63) is 41.2 Å². The summed E-state index contributed by atoms with van der Waals surface area (Å²) in [5, 5.41) is 9.36. The second kappa shape index (κ2) is 5.10. The summed E-state index contributed by atoms with van der Waals surface area (Å²) < 4.78 is 5.27. The molecule has 1 N–H and O–H groups in total. The van der Waals surface area contributed by atoms with E-state index in [1.54, 1.807) is 7.11 Å². The van der Waals surface area contributed by atoms with Gasteiger partial charge in [-0.25, -0.2) is 0 Å². The van der Waals surface area contributed by atoms with Crippen LogP contribution in [0.25, 0.3) is 11.6 Å². The van der Waals surface area contributed by atoms with Gasteiger partial charge in [0.05, 0.1) is 12.9 Å². The molecule has 0 spiro atoms. The van der Waals surface area contributed by atoms with Crippen molar-refractivity contribution in [2.75, 3.05) is 26.7 Å². The molecular weight excluding hydrogens is 238 g/mol. The number of aliphatic hydroxyl groups is 1. The van der Waals surface area contributed by atoms with Gasteiger partial charge < -0.3 is 9.84 Å². The van der Waals surface area contributed by atoms with E-state index in [1.165, 1.54) is 16.7 Å². The molecule has 1 aliphatic carbocycles. The zero-order chi connectivity index (χ0) is 13.2. The molecule has 19 heavy (non-hydrogen) atoms. The predicted molar refractivity (Wildman–Crippen MR) is 77.3 cm³/mol. The van der Waals surface area contributed by atoms with Crippen molar-refractivity contribution in [3.8, 4) is 5.75 Å². The molecule has 1 aliphatic heterocycles. The first-order chi connectivity index (χ1) is 9.26. The smallest absolute Gasteiger partial charge is 0.119 e. The molecule has 0 amide bonds. The van der Waals surface area contributed by atoms with Gasteiger partial charge in [-0.3, -0.25) is 4.90 Å². The third kappa shape index (κ3) is 2.51. The maximum absolute atomic E-state index is 9.36. The Hall–Kier alpha value is -1.74. The Morgan fingerprint density at radius 1 is 1.37 bits per heavy atom. The van der Waals surface area contributed by atoms with Crippen molar-refractivity contribution in [3.63, 3.8) is 0 Å². The lowest BCUT2D eigenvalue weighted by Crippen LogP contribution is -2.30. The highest BCUT2D eigenvalue weighted by atomic mass is 16.5. The van der Waals surface area contributed by atoms with Gasteiger partial charge in [0.25, 0.3) is 0 Å². The third-order valence-corrected chi connectivity index (χ3v) is 3.90. The maximum atomic E-state index is 9.36. The van der Waals surface area contributed by atoms with Crippen LogP contribution in [0.2, 0.25) is 0 Å². The Bertz CT molecular complexity index is 546. The molecule has 3 nitrogen and oxygen atoms in total. The van der Waals surface area contributed by atoms with Crippen LogP contribution in [0.1, 0.15) is 24.0 Å². The zero-order valence-electron chi connectivity index (χ0n) is 11.2. The molecule has 0 radical (unpaired) electrons. The normalized spacial score (nSPS) is 18.2. The summed E-state index contributed by atoms with van der Waals surface area (Å²) in [6.45, 7) is 2.87. The van der Waals surface area contributed by atoms with Crippen molar-refractivity contribution in [1.82, 2.24) is 4.90 Å². The van der Waals surface area contributed by atoms with Crippen molar-refractivity contribution in [2.24, 2.45) is 0 Å². The minimum Gasteiger partial charge on any atom is -0.513 e. The van der Waals surface area contributed by atoms with Crippen LogP contribution < -0.4 is 4.74 Å². The lowest BCUT2D eigenvalue weighted by atomic mass is 9.86. The number of fused-ring (bicyclic) bond motifs is 1. The van der Waals surface area contributed by atoms with Gasteiger partial charge in [-0.2, -0.15) is 0 Å². The number of aliphatic hydroxyl groups excluding tert-OH is 1. The Morgan fingerprint density at radius 3 is 3.00 bits per heavy atom. The zero-order valence-corrected chi connectivity index (χ0v) is 11.2. The van der Waals surface area contributed by atoms with E-state index in [0.717, 1.165) is 38.2 Å².